The topological polar surface area (TPSA) is 84.8 Å². The van der Waals surface area contributed by atoms with Crippen LogP contribution in [0.2, 0.25) is 0 Å². The molecule has 4 aromatic rings. The second-order valence-corrected chi connectivity index (χ2v) is 9.33. The fourth-order valence-corrected chi connectivity index (χ4v) is 5.68. The number of aromatic nitrogens is 4. The minimum atomic E-state index is -0.192. The molecule has 4 heterocycles. The van der Waals surface area contributed by atoms with Crippen LogP contribution < -0.4 is 10.1 Å². The molecule has 31 heavy (non-hydrogen) atoms. The van der Waals surface area contributed by atoms with Gasteiger partial charge in [-0.25, -0.2) is 4.98 Å². The number of carbonyl (C=O) groups excluding carboxylic acids is 1. The van der Waals surface area contributed by atoms with Crippen molar-refractivity contribution in [3.8, 4) is 26.9 Å². The number of rotatable bonds is 5. The van der Waals surface area contributed by atoms with E-state index >= 15 is 0 Å². The van der Waals surface area contributed by atoms with Gasteiger partial charge in [-0.15, -0.1) is 17.9 Å². The Hall–Kier alpha value is -3.08. The van der Waals surface area contributed by atoms with E-state index in [4.69, 9.17) is 17.0 Å². The lowest BCUT2D eigenvalue weighted by Crippen LogP contribution is -2.09. The second-order valence-electron chi connectivity index (χ2n) is 6.89. The molecule has 0 unspecified atom stereocenters. The third-order valence-electron chi connectivity index (χ3n) is 4.84. The highest BCUT2D eigenvalue weighted by Gasteiger charge is 2.23. The van der Waals surface area contributed by atoms with E-state index in [1.54, 1.807) is 6.08 Å². The van der Waals surface area contributed by atoms with Crippen LogP contribution in [0.4, 0.5) is 5.13 Å². The summed E-state index contributed by atoms with van der Waals surface area (Å²) < 4.78 is 8.16. The Morgan fingerprint density at radius 1 is 1.39 bits per heavy atom. The first-order valence-electron chi connectivity index (χ1n) is 9.45. The highest BCUT2D eigenvalue weighted by atomic mass is 32.1. The summed E-state index contributed by atoms with van der Waals surface area (Å²) in [6.07, 6.45) is 1.76. The SMILES string of the molecule is C=CCn1c(-c2sc(NC(=O)c3cc4c(s3)-c3ccccc3OC4)nc2C)n[nH]c1=S. The monoisotopic (exact) mass is 467 g/mol. The van der Waals surface area contributed by atoms with E-state index in [1.807, 2.05) is 41.8 Å². The number of amides is 1. The minimum Gasteiger partial charge on any atom is -0.488 e. The van der Waals surface area contributed by atoms with Crippen LogP contribution in [0.1, 0.15) is 20.9 Å². The molecular weight excluding hydrogens is 450 g/mol. The van der Waals surface area contributed by atoms with Crippen LogP contribution in [-0.2, 0) is 13.2 Å². The zero-order valence-corrected chi connectivity index (χ0v) is 18.9. The molecule has 3 aromatic heterocycles. The summed E-state index contributed by atoms with van der Waals surface area (Å²) in [7, 11) is 0. The summed E-state index contributed by atoms with van der Waals surface area (Å²) in [6.45, 7) is 6.65. The number of hydrogen-bond donors (Lipinski definition) is 2. The summed E-state index contributed by atoms with van der Waals surface area (Å²) >= 11 is 8.12. The lowest BCUT2D eigenvalue weighted by atomic mass is 10.1. The minimum absolute atomic E-state index is 0.192. The number of aryl methyl sites for hydroxylation is 1. The lowest BCUT2D eigenvalue weighted by Gasteiger charge is -2.16. The third kappa shape index (κ3) is 3.52. The average molecular weight is 468 g/mol. The first kappa shape index (κ1) is 19.9. The fourth-order valence-electron chi connectivity index (χ4n) is 3.42. The first-order chi connectivity index (χ1) is 15.0. The molecule has 2 N–H and O–H groups in total. The Labute approximate surface area is 191 Å². The number of hydrogen-bond acceptors (Lipinski definition) is 7. The van der Waals surface area contributed by atoms with E-state index in [-0.39, 0.29) is 5.91 Å². The van der Waals surface area contributed by atoms with Gasteiger partial charge in [0.1, 0.15) is 12.4 Å². The molecule has 1 amide bonds. The number of allylic oxidation sites excluding steroid dienone is 1. The van der Waals surface area contributed by atoms with Crippen molar-refractivity contribution in [2.24, 2.45) is 0 Å². The van der Waals surface area contributed by atoms with E-state index in [2.05, 4.69) is 27.1 Å². The van der Waals surface area contributed by atoms with E-state index in [0.29, 0.717) is 33.8 Å². The molecule has 10 heteroatoms. The van der Waals surface area contributed by atoms with Crippen LogP contribution >= 0.6 is 34.9 Å². The average Bonchev–Trinajstić information content (AvgIpc) is 3.46. The summed E-state index contributed by atoms with van der Waals surface area (Å²) in [5.41, 5.74) is 2.81. The molecule has 0 aliphatic carbocycles. The number of para-hydroxylation sites is 1. The maximum Gasteiger partial charge on any atom is 0.267 e. The summed E-state index contributed by atoms with van der Waals surface area (Å²) in [5.74, 6) is 1.33. The van der Waals surface area contributed by atoms with Crippen LogP contribution in [0.5, 0.6) is 5.75 Å². The van der Waals surface area contributed by atoms with Gasteiger partial charge in [-0.05, 0) is 37.3 Å². The Bertz CT molecular complexity index is 1380. The molecule has 5 rings (SSSR count). The predicted octanol–water partition coefficient (Wildman–Crippen LogP) is 5.43. The van der Waals surface area contributed by atoms with Gasteiger partial charge in [-0.3, -0.25) is 19.8 Å². The van der Waals surface area contributed by atoms with Gasteiger partial charge < -0.3 is 4.74 Å². The Morgan fingerprint density at radius 3 is 3.06 bits per heavy atom. The number of aromatic amines is 1. The maximum absolute atomic E-state index is 12.9. The molecule has 7 nitrogen and oxygen atoms in total. The molecule has 0 radical (unpaired) electrons. The highest BCUT2D eigenvalue weighted by molar-refractivity contribution is 7.71. The summed E-state index contributed by atoms with van der Waals surface area (Å²) in [6, 6.07) is 9.76. The smallest absolute Gasteiger partial charge is 0.267 e. The van der Waals surface area contributed by atoms with E-state index in [0.717, 1.165) is 32.3 Å². The second kappa shape index (κ2) is 7.88. The standard InChI is InChI=1S/C21H17N5O2S3/c1-3-8-26-18(24-25-21(26)29)16-11(2)22-20(31-16)23-19(27)15-9-12-10-28-14-7-5-4-6-13(14)17(12)30-15/h3-7,9H,1,8,10H2,2H3,(H,25,29)(H,22,23,27). The fraction of sp³-hybridized carbons (Fsp3) is 0.143. The molecule has 1 aromatic carbocycles. The maximum atomic E-state index is 12.9. The number of thiophene rings is 1. The summed E-state index contributed by atoms with van der Waals surface area (Å²) in [4.78, 5) is 20.0. The zero-order valence-electron chi connectivity index (χ0n) is 16.5. The quantitative estimate of drug-likeness (QED) is 0.302. The van der Waals surface area contributed by atoms with Gasteiger partial charge in [0.05, 0.1) is 15.4 Å². The van der Waals surface area contributed by atoms with Crippen molar-refractivity contribution in [2.45, 2.75) is 20.1 Å². The van der Waals surface area contributed by atoms with Crippen molar-refractivity contribution in [3.63, 3.8) is 0 Å². The molecule has 0 saturated heterocycles. The molecule has 1 aliphatic heterocycles. The number of ether oxygens (including phenoxy) is 1. The van der Waals surface area contributed by atoms with Crippen LogP contribution in [-0.4, -0.2) is 25.7 Å². The molecule has 0 atom stereocenters. The van der Waals surface area contributed by atoms with E-state index in [1.165, 1.54) is 22.7 Å². The van der Waals surface area contributed by atoms with Crippen molar-refractivity contribution in [2.75, 3.05) is 5.32 Å². The number of nitrogens with one attached hydrogen (secondary N) is 2. The summed E-state index contributed by atoms with van der Waals surface area (Å²) in [5, 5.41) is 10.6. The molecule has 156 valence electrons. The zero-order chi connectivity index (χ0) is 21.5. The largest absolute Gasteiger partial charge is 0.488 e. The van der Waals surface area contributed by atoms with Crippen molar-refractivity contribution >= 4 is 45.9 Å². The Kier molecular flexibility index (Phi) is 5.05. The van der Waals surface area contributed by atoms with Crippen molar-refractivity contribution in [1.29, 1.82) is 0 Å². The Balaban J connectivity index is 1.42. The number of H-pyrrole nitrogens is 1. The predicted molar refractivity (Wildman–Crippen MR) is 125 cm³/mol. The molecular formula is C21H17N5O2S3. The third-order valence-corrected chi connectivity index (χ3v) is 7.43. The van der Waals surface area contributed by atoms with Crippen molar-refractivity contribution < 1.29 is 9.53 Å². The molecule has 0 fully saturated rings. The highest BCUT2D eigenvalue weighted by Crippen LogP contribution is 2.42. The van der Waals surface area contributed by atoms with Gasteiger partial charge in [0, 0.05) is 22.5 Å². The number of benzene rings is 1. The lowest BCUT2D eigenvalue weighted by molar-refractivity contribution is 0.103. The van der Waals surface area contributed by atoms with E-state index < -0.39 is 0 Å². The van der Waals surface area contributed by atoms with Gasteiger partial charge in [0.2, 0.25) is 0 Å². The van der Waals surface area contributed by atoms with Gasteiger partial charge in [-0.1, -0.05) is 29.5 Å². The number of fused-ring (bicyclic) bond motifs is 3. The number of anilines is 1. The normalized spacial score (nSPS) is 12.0. The van der Waals surface area contributed by atoms with Crippen molar-refractivity contribution in [1.82, 2.24) is 19.7 Å². The van der Waals surface area contributed by atoms with Crippen molar-refractivity contribution in [3.05, 3.63) is 63.9 Å². The van der Waals surface area contributed by atoms with Gasteiger partial charge in [0.25, 0.3) is 5.91 Å². The number of carbonyl (C=O) groups is 1. The molecule has 0 spiro atoms. The molecule has 1 aliphatic rings. The van der Waals surface area contributed by atoms with Gasteiger partial charge in [-0.2, -0.15) is 5.10 Å². The van der Waals surface area contributed by atoms with Crippen LogP contribution in [0.15, 0.2) is 43.0 Å². The van der Waals surface area contributed by atoms with Crippen LogP contribution in [0.3, 0.4) is 0 Å². The van der Waals surface area contributed by atoms with Gasteiger partial charge >= 0.3 is 0 Å². The molecule has 0 saturated carbocycles. The number of thiazole rings is 1. The number of nitrogens with zero attached hydrogens (tertiary/aromatic N) is 3. The van der Waals surface area contributed by atoms with Crippen LogP contribution in [0.25, 0.3) is 21.1 Å². The van der Waals surface area contributed by atoms with Crippen LogP contribution in [0, 0.1) is 11.7 Å². The van der Waals surface area contributed by atoms with E-state index in [9.17, 15) is 4.79 Å². The first-order valence-corrected chi connectivity index (χ1v) is 11.5. The Morgan fingerprint density at radius 2 is 2.23 bits per heavy atom. The molecule has 0 bridgehead atoms. The van der Waals surface area contributed by atoms with Gasteiger partial charge in [0.15, 0.2) is 15.7 Å².